The van der Waals surface area contributed by atoms with Crippen molar-refractivity contribution in [2.45, 2.75) is 76.7 Å². The quantitative estimate of drug-likeness (QED) is 0.363. The maximum atomic E-state index is 12.6. The summed E-state index contributed by atoms with van der Waals surface area (Å²) < 4.78 is 6.91. The third kappa shape index (κ3) is 5.51. The summed E-state index contributed by atoms with van der Waals surface area (Å²) in [4.78, 5) is 2.16. The third-order valence-corrected chi connectivity index (χ3v) is 7.39. The number of aromatic hydroxyl groups is 1. The first-order valence-electron chi connectivity index (χ1n) is 13.3. The Hall–Kier alpha value is -2.66. The van der Waals surface area contributed by atoms with Crippen molar-refractivity contribution in [1.29, 1.82) is 0 Å². The molecule has 0 saturated carbocycles. The van der Waals surface area contributed by atoms with Crippen molar-refractivity contribution in [2.75, 3.05) is 13.1 Å². The molecule has 2 atom stereocenters. The van der Waals surface area contributed by atoms with E-state index in [0.29, 0.717) is 12.0 Å². The minimum Gasteiger partial charge on any atom is -0.508 e. The van der Waals surface area contributed by atoms with Crippen LogP contribution in [0.4, 0.5) is 0 Å². The smallest absolute Gasteiger partial charge is 0.171 e. The summed E-state index contributed by atoms with van der Waals surface area (Å²) in [6.45, 7) is 9.90. The number of nitrogens with zero attached hydrogens (tertiary/aromatic N) is 1. The molecule has 1 saturated heterocycles. The zero-order valence-corrected chi connectivity index (χ0v) is 22.2. The molecule has 1 heterocycles. The van der Waals surface area contributed by atoms with Gasteiger partial charge in [0.15, 0.2) is 5.72 Å². The predicted molar refractivity (Wildman–Crippen MR) is 146 cm³/mol. The van der Waals surface area contributed by atoms with Crippen molar-refractivity contribution in [3.63, 3.8) is 0 Å². The van der Waals surface area contributed by atoms with Crippen LogP contribution in [0.25, 0.3) is 0 Å². The van der Waals surface area contributed by atoms with Crippen LogP contribution < -0.4 is 0 Å². The molecule has 1 fully saturated rings. The molecule has 3 aromatic carbocycles. The first-order chi connectivity index (χ1) is 17.2. The van der Waals surface area contributed by atoms with Crippen molar-refractivity contribution >= 4 is 0 Å². The maximum absolute atomic E-state index is 12.6. The van der Waals surface area contributed by atoms with Gasteiger partial charge in [0.2, 0.25) is 0 Å². The number of piperidine rings is 1. The van der Waals surface area contributed by atoms with E-state index in [0.717, 1.165) is 49.0 Å². The van der Waals surface area contributed by atoms with E-state index >= 15 is 0 Å². The molecule has 192 valence electrons. The molecular weight excluding hydrogens is 446 g/mol. The number of phenols is 1. The molecule has 4 nitrogen and oxygen atoms in total. The Kier molecular flexibility index (Phi) is 8.19. The molecule has 0 radical (unpaired) electrons. The number of likely N-dealkylation sites (tertiary alicyclic amines) is 1. The fourth-order valence-electron chi connectivity index (χ4n) is 5.45. The standard InChI is InChI=1S/C32H41NO3/c1-5-29(36-30(24-15-9-6-10-16-24)25-17-11-7-12-18-25)32(35,33-21-13-8-14-22-33)26-19-20-27(28(34)23-26)31(2,3)4/h6-7,9-12,15-20,23,29-30,34-35H,5,8,13-14,21-22H2,1-4H3. The Bertz CT molecular complexity index is 1060. The highest BCUT2D eigenvalue weighted by atomic mass is 16.5. The molecule has 0 bridgehead atoms. The number of phenolic OH excluding ortho intramolecular Hbond substituents is 1. The molecule has 1 aliphatic heterocycles. The van der Waals surface area contributed by atoms with Gasteiger partial charge >= 0.3 is 0 Å². The van der Waals surface area contributed by atoms with Gasteiger partial charge in [-0.3, -0.25) is 4.90 Å². The monoisotopic (exact) mass is 487 g/mol. The average molecular weight is 488 g/mol. The molecule has 0 spiro atoms. The van der Waals surface area contributed by atoms with Gasteiger partial charge in [0, 0.05) is 18.7 Å². The van der Waals surface area contributed by atoms with Crippen LogP contribution in [-0.2, 0) is 15.9 Å². The average Bonchev–Trinajstić information content (AvgIpc) is 2.89. The molecule has 0 amide bonds. The van der Waals surface area contributed by atoms with Gasteiger partial charge in [-0.15, -0.1) is 0 Å². The highest BCUT2D eigenvalue weighted by Crippen LogP contribution is 2.42. The van der Waals surface area contributed by atoms with Crippen LogP contribution in [0.3, 0.4) is 0 Å². The van der Waals surface area contributed by atoms with E-state index in [1.807, 2.05) is 48.5 Å². The lowest BCUT2D eigenvalue weighted by Crippen LogP contribution is -2.56. The van der Waals surface area contributed by atoms with Crippen LogP contribution in [0.1, 0.15) is 81.7 Å². The lowest BCUT2D eigenvalue weighted by molar-refractivity contribution is -0.219. The zero-order chi connectivity index (χ0) is 25.8. The fourth-order valence-corrected chi connectivity index (χ4v) is 5.45. The van der Waals surface area contributed by atoms with E-state index in [9.17, 15) is 10.2 Å². The first-order valence-corrected chi connectivity index (χ1v) is 13.3. The van der Waals surface area contributed by atoms with Crippen molar-refractivity contribution in [1.82, 2.24) is 4.90 Å². The van der Waals surface area contributed by atoms with Crippen molar-refractivity contribution in [3.8, 4) is 5.75 Å². The number of benzene rings is 3. The third-order valence-electron chi connectivity index (χ3n) is 7.39. The first kappa shape index (κ1) is 26.4. The largest absolute Gasteiger partial charge is 0.508 e. The summed E-state index contributed by atoms with van der Waals surface area (Å²) >= 11 is 0. The normalized spacial score (nSPS) is 17.6. The van der Waals surface area contributed by atoms with E-state index in [2.05, 4.69) is 56.9 Å². The van der Waals surface area contributed by atoms with E-state index in [-0.39, 0.29) is 17.3 Å². The van der Waals surface area contributed by atoms with Crippen LogP contribution in [0, 0.1) is 0 Å². The number of aliphatic hydroxyl groups is 1. The molecule has 4 rings (SSSR count). The van der Waals surface area contributed by atoms with Gasteiger partial charge in [0.1, 0.15) is 18.0 Å². The molecular formula is C32H41NO3. The van der Waals surface area contributed by atoms with Crippen molar-refractivity contribution in [3.05, 3.63) is 101 Å². The second kappa shape index (κ2) is 11.2. The molecule has 0 aliphatic carbocycles. The second-order valence-electron chi connectivity index (χ2n) is 11.0. The van der Waals surface area contributed by atoms with Crippen LogP contribution in [0.15, 0.2) is 78.9 Å². The molecule has 1 aliphatic rings. The Balaban J connectivity index is 1.79. The molecule has 2 unspecified atom stereocenters. The van der Waals surface area contributed by atoms with Crippen LogP contribution >= 0.6 is 0 Å². The van der Waals surface area contributed by atoms with Crippen LogP contribution in [0.5, 0.6) is 5.75 Å². The summed E-state index contributed by atoms with van der Waals surface area (Å²) in [5.41, 5.74) is 2.08. The summed E-state index contributed by atoms with van der Waals surface area (Å²) in [5.74, 6) is 0.216. The Morgan fingerprint density at radius 3 is 1.86 bits per heavy atom. The maximum Gasteiger partial charge on any atom is 0.171 e. The molecule has 4 heteroatoms. The van der Waals surface area contributed by atoms with E-state index in [1.165, 1.54) is 0 Å². The molecule has 3 aromatic rings. The lowest BCUT2D eigenvalue weighted by atomic mass is 9.83. The summed E-state index contributed by atoms with van der Waals surface area (Å²) in [6.07, 6.45) is 3.01. The van der Waals surface area contributed by atoms with Gasteiger partial charge in [-0.05, 0) is 47.4 Å². The van der Waals surface area contributed by atoms with E-state index < -0.39 is 11.8 Å². The molecule has 0 aromatic heterocycles. The minimum absolute atomic E-state index is 0.196. The topological polar surface area (TPSA) is 52.9 Å². The van der Waals surface area contributed by atoms with E-state index in [1.54, 1.807) is 6.07 Å². The minimum atomic E-state index is -1.37. The number of hydrogen-bond donors (Lipinski definition) is 2. The van der Waals surface area contributed by atoms with Gasteiger partial charge in [0.05, 0.1) is 0 Å². The summed E-state index contributed by atoms with van der Waals surface area (Å²) in [7, 11) is 0. The Labute approximate surface area is 216 Å². The number of rotatable bonds is 8. The number of ether oxygens (including phenoxy) is 1. The van der Waals surface area contributed by atoms with Crippen LogP contribution in [0.2, 0.25) is 0 Å². The van der Waals surface area contributed by atoms with Crippen molar-refractivity contribution < 1.29 is 14.9 Å². The molecule has 36 heavy (non-hydrogen) atoms. The van der Waals surface area contributed by atoms with Gasteiger partial charge in [-0.2, -0.15) is 0 Å². The molecule has 2 N–H and O–H groups in total. The van der Waals surface area contributed by atoms with Gasteiger partial charge in [0.25, 0.3) is 0 Å². The SMILES string of the molecule is CCC(OC(c1ccccc1)c1ccccc1)C(O)(c1ccc(C(C)(C)C)c(O)c1)N1CCCCC1. The summed E-state index contributed by atoms with van der Waals surface area (Å²) in [5, 5.41) is 23.6. The highest BCUT2D eigenvalue weighted by molar-refractivity contribution is 5.43. The highest BCUT2D eigenvalue weighted by Gasteiger charge is 2.46. The van der Waals surface area contributed by atoms with Gasteiger partial charge in [-0.25, -0.2) is 0 Å². The fraction of sp³-hybridized carbons (Fsp3) is 0.438. The predicted octanol–water partition coefficient (Wildman–Crippen LogP) is 6.91. The Morgan fingerprint density at radius 1 is 0.833 bits per heavy atom. The lowest BCUT2D eigenvalue weighted by Gasteiger charge is -2.47. The Morgan fingerprint density at radius 2 is 1.39 bits per heavy atom. The zero-order valence-electron chi connectivity index (χ0n) is 22.2. The van der Waals surface area contributed by atoms with Crippen molar-refractivity contribution in [2.24, 2.45) is 0 Å². The second-order valence-corrected chi connectivity index (χ2v) is 11.0. The van der Waals surface area contributed by atoms with Gasteiger partial charge < -0.3 is 14.9 Å². The summed E-state index contributed by atoms with van der Waals surface area (Å²) in [6, 6.07) is 26.1. The van der Waals surface area contributed by atoms with Gasteiger partial charge in [-0.1, -0.05) is 107 Å². The van der Waals surface area contributed by atoms with Crippen LogP contribution in [-0.4, -0.2) is 34.3 Å². The van der Waals surface area contributed by atoms with E-state index in [4.69, 9.17) is 4.74 Å². The number of hydrogen-bond acceptors (Lipinski definition) is 4.